The molecule has 7 nitrogen and oxygen atoms in total. The SMILES string of the molecule is CCCCc1nc2ccccc2n1CC(=O)NNC(=O)CCC(=O)c1ccc(F)cc1. The first-order valence-corrected chi connectivity index (χ1v) is 10.3. The van der Waals surface area contributed by atoms with Crippen molar-refractivity contribution in [3.05, 3.63) is 65.7 Å². The summed E-state index contributed by atoms with van der Waals surface area (Å²) >= 11 is 0. The zero-order valence-electron chi connectivity index (χ0n) is 17.4. The molecule has 2 N–H and O–H groups in total. The van der Waals surface area contributed by atoms with Crippen molar-refractivity contribution in [3.63, 3.8) is 0 Å². The number of para-hydroxylation sites is 2. The minimum absolute atomic E-state index is 0.0222. The van der Waals surface area contributed by atoms with Crippen LogP contribution in [-0.4, -0.2) is 27.1 Å². The van der Waals surface area contributed by atoms with Crippen LogP contribution in [-0.2, 0) is 22.6 Å². The molecule has 1 heterocycles. The molecule has 31 heavy (non-hydrogen) atoms. The van der Waals surface area contributed by atoms with E-state index in [9.17, 15) is 18.8 Å². The first-order valence-electron chi connectivity index (χ1n) is 10.3. The summed E-state index contributed by atoms with van der Waals surface area (Å²) in [7, 11) is 0. The maximum absolute atomic E-state index is 12.9. The van der Waals surface area contributed by atoms with Crippen molar-refractivity contribution >= 4 is 28.6 Å². The number of nitrogens with one attached hydrogen (secondary N) is 2. The third kappa shape index (κ3) is 5.97. The lowest BCUT2D eigenvalue weighted by Gasteiger charge is -2.11. The standard InChI is InChI=1S/C23H25FN4O3/c1-2-3-8-21-25-18-6-4-5-7-19(18)28(21)15-23(31)27-26-22(30)14-13-20(29)16-9-11-17(24)12-10-16/h4-7,9-12H,2-3,8,13-15H2,1H3,(H,26,30)(H,27,31). The van der Waals surface area contributed by atoms with Gasteiger partial charge in [-0.1, -0.05) is 25.5 Å². The molecule has 0 saturated heterocycles. The minimum atomic E-state index is -0.481. The van der Waals surface area contributed by atoms with E-state index in [4.69, 9.17) is 0 Å². The van der Waals surface area contributed by atoms with Gasteiger partial charge < -0.3 is 4.57 Å². The number of ketones is 1. The normalized spacial score (nSPS) is 10.8. The highest BCUT2D eigenvalue weighted by atomic mass is 19.1. The highest BCUT2D eigenvalue weighted by Crippen LogP contribution is 2.17. The summed E-state index contributed by atoms with van der Waals surface area (Å²) in [5.41, 5.74) is 6.75. The molecule has 0 aliphatic carbocycles. The van der Waals surface area contributed by atoms with Crippen LogP contribution in [0.2, 0.25) is 0 Å². The smallest absolute Gasteiger partial charge is 0.258 e. The second-order valence-electron chi connectivity index (χ2n) is 7.23. The van der Waals surface area contributed by atoms with Crippen LogP contribution in [0.3, 0.4) is 0 Å². The first kappa shape index (κ1) is 22.1. The van der Waals surface area contributed by atoms with Crippen molar-refractivity contribution in [1.82, 2.24) is 20.4 Å². The van der Waals surface area contributed by atoms with Crippen LogP contribution in [0.4, 0.5) is 4.39 Å². The highest BCUT2D eigenvalue weighted by Gasteiger charge is 2.14. The van der Waals surface area contributed by atoms with Gasteiger partial charge in [0, 0.05) is 24.8 Å². The van der Waals surface area contributed by atoms with E-state index < -0.39 is 11.7 Å². The minimum Gasteiger partial charge on any atom is -0.318 e. The Balaban J connectivity index is 1.52. The molecule has 2 aromatic carbocycles. The Labute approximate surface area is 179 Å². The van der Waals surface area contributed by atoms with Gasteiger partial charge >= 0.3 is 0 Å². The number of imidazole rings is 1. The molecule has 0 saturated carbocycles. The second kappa shape index (κ2) is 10.5. The zero-order valence-corrected chi connectivity index (χ0v) is 17.4. The number of fused-ring (bicyclic) bond motifs is 1. The molecule has 0 radical (unpaired) electrons. The monoisotopic (exact) mass is 424 g/mol. The Morgan fingerprint density at radius 3 is 2.42 bits per heavy atom. The van der Waals surface area contributed by atoms with Crippen LogP contribution in [0.1, 0.15) is 48.8 Å². The summed E-state index contributed by atoms with van der Waals surface area (Å²) in [6.45, 7) is 2.12. The van der Waals surface area contributed by atoms with Gasteiger partial charge in [0.05, 0.1) is 11.0 Å². The van der Waals surface area contributed by atoms with Crippen molar-refractivity contribution in [3.8, 4) is 0 Å². The molecule has 1 aromatic heterocycles. The molecule has 0 spiro atoms. The van der Waals surface area contributed by atoms with Gasteiger partial charge in [-0.15, -0.1) is 0 Å². The van der Waals surface area contributed by atoms with E-state index in [0.29, 0.717) is 5.56 Å². The first-order chi connectivity index (χ1) is 15.0. The maximum Gasteiger partial charge on any atom is 0.258 e. The van der Waals surface area contributed by atoms with Crippen LogP contribution in [0.15, 0.2) is 48.5 Å². The Hall–Kier alpha value is -3.55. The Kier molecular flexibility index (Phi) is 7.48. The average molecular weight is 424 g/mol. The van der Waals surface area contributed by atoms with E-state index >= 15 is 0 Å². The van der Waals surface area contributed by atoms with Crippen molar-refractivity contribution < 1.29 is 18.8 Å². The van der Waals surface area contributed by atoms with E-state index in [0.717, 1.165) is 36.1 Å². The molecule has 0 fully saturated rings. The summed E-state index contributed by atoms with van der Waals surface area (Å²) in [4.78, 5) is 41.1. The van der Waals surface area contributed by atoms with Gasteiger partial charge in [0.25, 0.3) is 5.91 Å². The van der Waals surface area contributed by atoms with Crippen molar-refractivity contribution in [2.75, 3.05) is 0 Å². The van der Waals surface area contributed by atoms with Crippen molar-refractivity contribution in [2.45, 2.75) is 45.6 Å². The lowest BCUT2D eigenvalue weighted by Crippen LogP contribution is -2.43. The van der Waals surface area contributed by atoms with Gasteiger partial charge in [-0.2, -0.15) is 0 Å². The molecule has 8 heteroatoms. The Bertz CT molecular complexity index is 1080. The summed E-state index contributed by atoms with van der Waals surface area (Å²) < 4.78 is 14.8. The molecule has 0 bridgehead atoms. The summed E-state index contributed by atoms with van der Waals surface area (Å²) in [6.07, 6.45) is 2.61. The summed E-state index contributed by atoms with van der Waals surface area (Å²) in [5, 5.41) is 0. The van der Waals surface area contributed by atoms with Crippen molar-refractivity contribution in [2.24, 2.45) is 0 Å². The molecular weight excluding hydrogens is 399 g/mol. The molecule has 0 unspecified atom stereocenters. The van der Waals surface area contributed by atoms with Gasteiger partial charge in [-0.25, -0.2) is 9.37 Å². The van der Waals surface area contributed by atoms with E-state index in [2.05, 4.69) is 22.8 Å². The predicted octanol–water partition coefficient (Wildman–Crippen LogP) is 3.33. The third-order valence-corrected chi connectivity index (χ3v) is 4.88. The van der Waals surface area contributed by atoms with Crippen LogP contribution >= 0.6 is 0 Å². The Morgan fingerprint density at radius 1 is 0.968 bits per heavy atom. The lowest BCUT2D eigenvalue weighted by atomic mass is 10.1. The van der Waals surface area contributed by atoms with Crippen LogP contribution in [0.25, 0.3) is 11.0 Å². The number of carbonyl (C=O) groups excluding carboxylic acids is 3. The molecule has 2 amide bonds. The molecule has 3 aromatic rings. The number of amides is 2. The molecule has 162 valence electrons. The fraction of sp³-hybridized carbons (Fsp3) is 0.304. The fourth-order valence-electron chi connectivity index (χ4n) is 3.22. The van der Waals surface area contributed by atoms with Gasteiger partial charge in [-0.3, -0.25) is 25.2 Å². The number of benzene rings is 2. The number of halogens is 1. The largest absolute Gasteiger partial charge is 0.318 e. The number of hydrazine groups is 1. The lowest BCUT2D eigenvalue weighted by molar-refractivity contribution is -0.129. The predicted molar refractivity (Wildman–Crippen MR) is 115 cm³/mol. The number of aromatic nitrogens is 2. The molecule has 0 atom stereocenters. The summed E-state index contributed by atoms with van der Waals surface area (Å²) in [6, 6.07) is 12.7. The maximum atomic E-state index is 12.9. The summed E-state index contributed by atoms with van der Waals surface area (Å²) in [5.74, 6) is -0.744. The zero-order chi connectivity index (χ0) is 22.2. The van der Waals surface area contributed by atoms with E-state index in [1.54, 1.807) is 0 Å². The molecule has 0 aliphatic heterocycles. The number of nitrogens with zero attached hydrogens (tertiary/aromatic N) is 2. The van der Waals surface area contributed by atoms with Crippen LogP contribution < -0.4 is 10.9 Å². The van der Waals surface area contributed by atoms with Crippen molar-refractivity contribution in [1.29, 1.82) is 0 Å². The molecular formula is C23H25FN4O3. The second-order valence-corrected chi connectivity index (χ2v) is 7.23. The van der Waals surface area contributed by atoms with Gasteiger partial charge in [0.15, 0.2) is 5.78 Å². The number of unbranched alkanes of at least 4 members (excludes halogenated alkanes) is 1. The third-order valence-electron chi connectivity index (χ3n) is 4.88. The molecule has 3 rings (SSSR count). The van der Waals surface area contributed by atoms with E-state index in [1.807, 2.05) is 28.8 Å². The van der Waals surface area contributed by atoms with E-state index in [1.165, 1.54) is 24.3 Å². The topological polar surface area (TPSA) is 93.1 Å². The van der Waals surface area contributed by atoms with Crippen LogP contribution in [0.5, 0.6) is 0 Å². The average Bonchev–Trinajstić information content (AvgIpc) is 3.12. The van der Waals surface area contributed by atoms with Gasteiger partial charge in [-0.05, 0) is 42.8 Å². The van der Waals surface area contributed by atoms with Gasteiger partial charge in [0.2, 0.25) is 5.91 Å². The number of Topliss-reactive ketones (excluding diaryl/α,β-unsaturated/α-hetero) is 1. The number of hydrogen-bond acceptors (Lipinski definition) is 4. The Morgan fingerprint density at radius 2 is 1.68 bits per heavy atom. The number of hydrogen-bond donors (Lipinski definition) is 2. The van der Waals surface area contributed by atoms with Gasteiger partial charge in [0.1, 0.15) is 18.2 Å². The molecule has 0 aliphatic rings. The van der Waals surface area contributed by atoms with Crippen LogP contribution in [0, 0.1) is 5.82 Å². The number of carbonyl (C=O) groups is 3. The highest BCUT2D eigenvalue weighted by molar-refractivity contribution is 5.98. The van der Waals surface area contributed by atoms with E-state index in [-0.39, 0.29) is 31.1 Å². The fourth-order valence-corrected chi connectivity index (χ4v) is 3.22. The quantitative estimate of drug-likeness (QED) is 0.407. The number of rotatable bonds is 9. The number of aryl methyl sites for hydroxylation is 1.